The number of benzene rings is 2. The van der Waals surface area contributed by atoms with Crippen molar-refractivity contribution in [3.05, 3.63) is 57.0 Å². The maximum absolute atomic E-state index is 6.20. The van der Waals surface area contributed by atoms with E-state index < -0.39 is 0 Å². The molecule has 110 valence electrons. The van der Waals surface area contributed by atoms with Crippen LogP contribution >= 0.6 is 39.7 Å². The minimum absolute atomic E-state index is 0.322. The zero-order chi connectivity index (χ0) is 15.4. The van der Waals surface area contributed by atoms with E-state index in [0.29, 0.717) is 22.4 Å². The first kappa shape index (κ1) is 16.1. The van der Waals surface area contributed by atoms with Gasteiger partial charge in [-0.25, -0.2) is 0 Å². The van der Waals surface area contributed by atoms with E-state index in [2.05, 4.69) is 15.9 Å². The third-order valence-electron chi connectivity index (χ3n) is 2.86. The van der Waals surface area contributed by atoms with E-state index in [0.717, 1.165) is 21.3 Å². The monoisotopic (exact) mass is 385 g/mol. The lowest BCUT2D eigenvalue weighted by Gasteiger charge is -2.11. The fourth-order valence-corrected chi connectivity index (χ4v) is 2.53. The summed E-state index contributed by atoms with van der Waals surface area (Å²) in [6.45, 7) is 0.349. The Kier molecular flexibility index (Phi) is 5.45. The second-order valence-electron chi connectivity index (χ2n) is 4.26. The van der Waals surface area contributed by atoms with Crippen LogP contribution in [-0.4, -0.2) is 12.1 Å². The van der Waals surface area contributed by atoms with Crippen molar-refractivity contribution in [3.63, 3.8) is 0 Å². The van der Waals surface area contributed by atoms with E-state index >= 15 is 0 Å². The van der Waals surface area contributed by atoms with E-state index in [1.54, 1.807) is 13.2 Å². The van der Waals surface area contributed by atoms with Crippen LogP contribution in [0.4, 0.5) is 0 Å². The summed E-state index contributed by atoms with van der Waals surface area (Å²) in [5.74, 6) is 1.47. The van der Waals surface area contributed by atoms with Crippen molar-refractivity contribution in [2.75, 3.05) is 7.11 Å². The molecule has 0 amide bonds. The van der Waals surface area contributed by atoms with Crippen LogP contribution in [0.15, 0.2) is 40.9 Å². The maximum atomic E-state index is 6.20. The quantitative estimate of drug-likeness (QED) is 0.777. The second kappa shape index (κ2) is 7.11. The smallest absolute Gasteiger partial charge is 0.134 e. The molecule has 0 fully saturated rings. The average molecular weight is 387 g/mol. The highest BCUT2D eigenvalue weighted by Gasteiger charge is 2.07. The number of hydrogen-bond donors (Lipinski definition) is 1. The lowest BCUT2D eigenvalue weighted by atomic mass is 10.1. The van der Waals surface area contributed by atoms with Gasteiger partial charge in [-0.1, -0.05) is 36.0 Å². The molecule has 2 aromatic rings. The highest BCUT2D eigenvalue weighted by atomic mass is 79.9. The first-order valence-corrected chi connectivity index (χ1v) is 7.63. The Bertz CT molecular complexity index is 679. The molecule has 0 atom stereocenters. The second-order valence-corrected chi connectivity index (χ2v) is 5.96. The van der Waals surface area contributed by atoms with Gasteiger partial charge in [-0.15, -0.1) is 0 Å². The van der Waals surface area contributed by atoms with Crippen molar-refractivity contribution in [3.8, 4) is 11.5 Å². The van der Waals surface area contributed by atoms with Crippen LogP contribution in [-0.2, 0) is 6.61 Å². The Morgan fingerprint density at radius 2 is 2.05 bits per heavy atom. The molecular formula is C15H13BrClNO2S. The molecule has 0 aliphatic carbocycles. The molecule has 0 aromatic heterocycles. The van der Waals surface area contributed by atoms with E-state index in [9.17, 15) is 0 Å². The van der Waals surface area contributed by atoms with Gasteiger partial charge >= 0.3 is 0 Å². The Morgan fingerprint density at radius 1 is 1.29 bits per heavy atom. The number of methoxy groups -OCH3 is 1. The fraction of sp³-hybridized carbons (Fsp3) is 0.133. The van der Waals surface area contributed by atoms with Crippen molar-refractivity contribution >= 4 is 44.7 Å². The summed E-state index contributed by atoms with van der Waals surface area (Å²) in [5, 5.41) is 0.574. The van der Waals surface area contributed by atoms with E-state index in [1.807, 2.05) is 30.3 Å². The molecular weight excluding hydrogens is 374 g/mol. The standard InChI is InChI=1S/C15H13BrClNO2S/c1-19-11-4-5-14(12(16)7-11)20-8-10-3-2-9(15(18)21)6-13(10)17/h2-7H,8H2,1H3,(H2,18,21). The molecule has 21 heavy (non-hydrogen) atoms. The minimum Gasteiger partial charge on any atom is -0.497 e. The molecule has 0 heterocycles. The van der Waals surface area contributed by atoms with E-state index in [-0.39, 0.29) is 0 Å². The van der Waals surface area contributed by atoms with Gasteiger partial charge in [-0.3, -0.25) is 0 Å². The first-order chi connectivity index (χ1) is 10.0. The molecule has 0 bridgehead atoms. The number of nitrogens with two attached hydrogens (primary N) is 1. The van der Waals surface area contributed by atoms with Gasteiger partial charge in [0.05, 0.1) is 11.6 Å². The fourth-order valence-electron chi connectivity index (χ4n) is 1.70. The zero-order valence-corrected chi connectivity index (χ0v) is 14.4. The first-order valence-electron chi connectivity index (χ1n) is 6.06. The maximum Gasteiger partial charge on any atom is 0.134 e. The van der Waals surface area contributed by atoms with E-state index in [1.165, 1.54) is 0 Å². The molecule has 0 spiro atoms. The number of thiocarbonyl (C=S) groups is 1. The molecule has 0 aliphatic heterocycles. The van der Waals surface area contributed by atoms with Crippen molar-refractivity contribution in [1.29, 1.82) is 0 Å². The summed E-state index contributed by atoms with van der Waals surface area (Å²) in [6.07, 6.45) is 0. The lowest BCUT2D eigenvalue weighted by Crippen LogP contribution is -2.09. The van der Waals surface area contributed by atoms with Crippen LogP contribution in [0.5, 0.6) is 11.5 Å². The van der Waals surface area contributed by atoms with Crippen LogP contribution < -0.4 is 15.2 Å². The largest absolute Gasteiger partial charge is 0.497 e. The van der Waals surface area contributed by atoms with Crippen molar-refractivity contribution in [2.24, 2.45) is 5.73 Å². The lowest BCUT2D eigenvalue weighted by molar-refractivity contribution is 0.303. The predicted octanol–water partition coefficient (Wildman–Crippen LogP) is 4.32. The molecule has 3 nitrogen and oxygen atoms in total. The Hall–Kier alpha value is -1.30. The van der Waals surface area contributed by atoms with Gasteiger partial charge in [-0.2, -0.15) is 0 Å². The van der Waals surface area contributed by atoms with Crippen LogP contribution in [0.1, 0.15) is 11.1 Å². The normalized spacial score (nSPS) is 10.2. The Labute approximate surface area is 142 Å². The van der Waals surface area contributed by atoms with Gasteiger partial charge in [-0.05, 0) is 40.2 Å². The predicted molar refractivity (Wildman–Crippen MR) is 92.4 cm³/mol. The van der Waals surface area contributed by atoms with Crippen molar-refractivity contribution in [2.45, 2.75) is 6.61 Å². The van der Waals surface area contributed by atoms with Crippen LogP contribution in [0.3, 0.4) is 0 Å². The third-order valence-corrected chi connectivity index (χ3v) is 4.07. The molecule has 6 heteroatoms. The molecule has 0 aliphatic rings. The Balaban J connectivity index is 2.11. The molecule has 2 N–H and O–H groups in total. The summed E-state index contributed by atoms with van der Waals surface area (Å²) < 4.78 is 11.7. The summed E-state index contributed by atoms with van der Waals surface area (Å²) in [7, 11) is 1.62. The Morgan fingerprint density at radius 3 is 2.62 bits per heavy atom. The summed E-state index contributed by atoms with van der Waals surface area (Å²) in [5.41, 5.74) is 7.17. The molecule has 2 aromatic carbocycles. The van der Waals surface area contributed by atoms with Crippen molar-refractivity contribution in [1.82, 2.24) is 0 Å². The van der Waals surface area contributed by atoms with Gasteiger partial charge in [0.2, 0.25) is 0 Å². The van der Waals surface area contributed by atoms with Crippen LogP contribution in [0.2, 0.25) is 5.02 Å². The van der Waals surface area contributed by atoms with Crippen molar-refractivity contribution < 1.29 is 9.47 Å². The number of rotatable bonds is 5. The highest BCUT2D eigenvalue weighted by Crippen LogP contribution is 2.30. The molecule has 0 unspecified atom stereocenters. The minimum atomic E-state index is 0.322. The molecule has 2 rings (SSSR count). The molecule has 0 radical (unpaired) electrons. The van der Waals surface area contributed by atoms with Crippen LogP contribution in [0, 0.1) is 0 Å². The SMILES string of the molecule is COc1ccc(OCc2ccc(C(N)=S)cc2Cl)c(Br)c1. The number of ether oxygens (including phenoxy) is 2. The van der Waals surface area contributed by atoms with Gasteiger partial charge < -0.3 is 15.2 Å². The van der Waals surface area contributed by atoms with Gasteiger partial charge in [0, 0.05) is 16.1 Å². The zero-order valence-electron chi connectivity index (χ0n) is 11.2. The van der Waals surface area contributed by atoms with Crippen LogP contribution in [0.25, 0.3) is 0 Å². The molecule has 0 saturated heterocycles. The number of hydrogen-bond acceptors (Lipinski definition) is 3. The van der Waals surface area contributed by atoms with Gasteiger partial charge in [0.1, 0.15) is 23.1 Å². The topological polar surface area (TPSA) is 44.5 Å². The summed E-state index contributed by atoms with van der Waals surface area (Å²) >= 11 is 14.6. The van der Waals surface area contributed by atoms with Gasteiger partial charge in [0.25, 0.3) is 0 Å². The third kappa shape index (κ3) is 4.09. The van der Waals surface area contributed by atoms with E-state index in [4.69, 9.17) is 39.0 Å². The van der Waals surface area contributed by atoms with Gasteiger partial charge in [0.15, 0.2) is 0 Å². The average Bonchev–Trinajstić information content (AvgIpc) is 2.46. The summed E-state index contributed by atoms with van der Waals surface area (Å²) in [6, 6.07) is 10.9. The number of halogens is 2. The highest BCUT2D eigenvalue weighted by molar-refractivity contribution is 9.10. The molecule has 0 saturated carbocycles. The summed E-state index contributed by atoms with van der Waals surface area (Å²) in [4.78, 5) is 0.322.